The van der Waals surface area contributed by atoms with Gasteiger partial charge >= 0.3 is 0 Å². The maximum absolute atomic E-state index is 5.51. The first-order valence-electron chi connectivity index (χ1n) is 4.59. The van der Waals surface area contributed by atoms with E-state index in [4.69, 9.17) is 4.74 Å². The van der Waals surface area contributed by atoms with Gasteiger partial charge in [0.25, 0.3) is 0 Å². The van der Waals surface area contributed by atoms with Crippen molar-refractivity contribution in [2.24, 2.45) is 11.8 Å². The van der Waals surface area contributed by atoms with Crippen LogP contribution in [0.15, 0.2) is 0 Å². The molecule has 1 heteroatoms. The maximum atomic E-state index is 5.51. The molecule has 3 aliphatic rings. The van der Waals surface area contributed by atoms with Crippen molar-refractivity contribution >= 4 is 0 Å². The number of hydrogen-bond acceptors (Lipinski definition) is 1. The Balaban J connectivity index is 1.67. The van der Waals surface area contributed by atoms with Crippen LogP contribution in [0.2, 0.25) is 0 Å². The van der Waals surface area contributed by atoms with Crippen LogP contribution in [0.4, 0.5) is 0 Å². The smallest absolute Gasteiger partial charge is 0.0842 e. The second-order valence-corrected chi connectivity index (χ2v) is 4.12. The molecule has 0 aromatic rings. The summed E-state index contributed by atoms with van der Waals surface area (Å²) in [7, 11) is 0. The Hall–Kier alpha value is -0.0400. The first kappa shape index (κ1) is 5.59. The lowest BCUT2D eigenvalue weighted by molar-refractivity contribution is 0.354. The highest BCUT2D eigenvalue weighted by molar-refractivity contribution is 4.95. The van der Waals surface area contributed by atoms with Crippen molar-refractivity contribution in [1.82, 2.24) is 0 Å². The Kier molecular flexibility index (Phi) is 0.984. The van der Waals surface area contributed by atoms with Gasteiger partial charge in [-0.25, -0.2) is 0 Å². The van der Waals surface area contributed by atoms with E-state index in [-0.39, 0.29) is 0 Å². The first-order valence-corrected chi connectivity index (χ1v) is 4.59. The maximum Gasteiger partial charge on any atom is 0.0842 e. The normalized spacial score (nSPS) is 57.6. The standard InChI is InChI=1S/C9H14O/c1-3-8-9(10-8)4-2-7-5-6(1)7/h6-9H,1-5H2/t6-,7-,8-,9+/m0/s1. The molecule has 0 aromatic heterocycles. The van der Waals surface area contributed by atoms with Gasteiger partial charge in [-0.15, -0.1) is 0 Å². The molecule has 2 aliphatic carbocycles. The number of ether oxygens (including phenoxy) is 1. The van der Waals surface area contributed by atoms with E-state index < -0.39 is 0 Å². The molecule has 56 valence electrons. The first-order chi connectivity index (χ1) is 4.93. The Bertz CT molecular complexity index is 121. The van der Waals surface area contributed by atoms with Crippen molar-refractivity contribution in [3.05, 3.63) is 0 Å². The topological polar surface area (TPSA) is 12.5 Å². The second kappa shape index (κ2) is 1.76. The molecule has 0 amide bonds. The van der Waals surface area contributed by atoms with Gasteiger partial charge in [0.15, 0.2) is 0 Å². The minimum atomic E-state index is 0.696. The molecule has 1 nitrogen and oxygen atoms in total. The van der Waals surface area contributed by atoms with Gasteiger partial charge in [-0.05, 0) is 43.9 Å². The van der Waals surface area contributed by atoms with Crippen LogP contribution in [0.3, 0.4) is 0 Å². The second-order valence-electron chi connectivity index (χ2n) is 4.12. The van der Waals surface area contributed by atoms with Crippen LogP contribution in [0.1, 0.15) is 32.1 Å². The van der Waals surface area contributed by atoms with Crippen LogP contribution in [-0.4, -0.2) is 12.2 Å². The molecular weight excluding hydrogens is 124 g/mol. The Morgan fingerprint density at radius 1 is 0.800 bits per heavy atom. The van der Waals surface area contributed by atoms with Crippen LogP contribution in [0.25, 0.3) is 0 Å². The molecule has 3 fully saturated rings. The number of rotatable bonds is 0. The quantitative estimate of drug-likeness (QED) is 0.466. The zero-order chi connectivity index (χ0) is 6.55. The highest BCUT2D eigenvalue weighted by atomic mass is 16.6. The third-order valence-corrected chi connectivity index (χ3v) is 3.40. The van der Waals surface area contributed by atoms with Crippen LogP contribution in [-0.2, 0) is 4.74 Å². The highest BCUT2D eigenvalue weighted by Crippen LogP contribution is 2.50. The van der Waals surface area contributed by atoms with Crippen LogP contribution >= 0.6 is 0 Å². The summed E-state index contributed by atoms with van der Waals surface area (Å²) >= 11 is 0. The molecule has 4 atom stereocenters. The van der Waals surface area contributed by atoms with Gasteiger partial charge in [0.2, 0.25) is 0 Å². The number of fused-ring (bicyclic) bond motifs is 2. The summed E-state index contributed by atoms with van der Waals surface area (Å²) in [6.45, 7) is 0. The fraction of sp³-hybridized carbons (Fsp3) is 1.00. The fourth-order valence-corrected chi connectivity index (χ4v) is 2.46. The highest BCUT2D eigenvalue weighted by Gasteiger charge is 2.46. The van der Waals surface area contributed by atoms with Gasteiger partial charge in [-0.2, -0.15) is 0 Å². The summed E-state index contributed by atoms with van der Waals surface area (Å²) in [5.41, 5.74) is 0. The lowest BCUT2D eigenvalue weighted by Gasteiger charge is -2.01. The SMILES string of the molecule is C1C[C@@H]2O[C@@H]2CC[C@H]2C[C@H]12. The Labute approximate surface area is 61.8 Å². The molecule has 0 radical (unpaired) electrons. The van der Waals surface area contributed by atoms with Gasteiger partial charge in [0.1, 0.15) is 0 Å². The monoisotopic (exact) mass is 138 g/mol. The van der Waals surface area contributed by atoms with Gasteiger partial charge < -0.3 is 4.74 Å². The van der Waals surface area contributed by atoms with Gasteiger partial charge in [0.05, 0.1) is 12.2 Å². The van der Waals surface area contributed by atoms with Crippen molar-refractivity contribution in [3.8, 4) is 0 Å². The zero-order valence-electron chi connectivity index (χ0n) is 6.25. The third kappa shape index (κ3) is 0.800. The molecule has 2 saturated carbocycles. The third-order valence-electron chi connectivity index (χ3n) is 3.40. The van der Waals surface area contributed by atoms with Crippen molar-refractivity contribution in [2.45, 2.75) is 44.3 Å². The van der Waals surface area contributed by atoms with E-state index in [0.717, 1.165) is 11.8 Å². The van der Waals surface area contributed by atoms with E-state index >= 15 is 0 Å². The van der Waals surface area contributed by atoms with E-state index in [1.807, 2.05) is 0 Å². The summed E-state index contributed by atoms with van der Waals surface area (Å²) in [6, 6.07) is 0. The molecule has 1 aliphatic heterocycles. The summed E-state index contributed by atoms with van der Waals surface area (Å²) in [5, 5.41) is 0. The summed E-state index contributed by atoms with van der Waals surface area (Å²) in [4.78, 5) is 0. The van der Waals surface area contributed by atoms with E-state index in [2.05, 4.69) is 0 Å². The fourth-order valence-electron chi connectivity index (χ4n) is 2.46. The molecule has 10 heavy (non-hydrogen) atoms. The summed E-state index contributed by atoms with van der Waals surface area (Å²) in [5.74, 6) is 2.23. The van der Waals surface area contributed by atoms with Crippen LogP contribution in [0.5, 0.6) is 0 Å². The lowest BCUT2D eigenvalue weighted by Crippen LogP contribution is -2.00. The largest absolute Gasteiger partial charge is 0.370 e. The van der Waals surface area contributed by atoms with Crippen molar-refractivity contribution in [3.63, 3.8) is 0 Å². The van der Waals surface area contributed by atoms with Crippen LogP contribution in [0, 0.1) is 11.8 Å². The number of epoxide rings is 1. The van der Waals surface area contributed by atoms with Crippen molar-refractivity contribution in [2.75, 3.05) is 0 Å². The molecule has 0 spiro atoms. The van der Waals surface area contributed by atoms with Crippen LogP contribution < -0.4 is 0 Å². The minimum Gasteiger partial charge on any atom is -0.370 e. The van der Waals surface area contributed by atoms with E-state index in [1.54, 1.807) is 6.42 Å². The minimum absolute atomic E-state index is 0.696. The molecule has 0 bridgehead atoms. The molecule has 0 unspecified atom stereocenters. The Morgan fingerprint density at radius 2 is 1.40 bits per heavy atom. The summed E-state index contributed by atoms with van der Waals surface area (Å²) < 4.78 is 5.51. The average molecular weight is 138 g/mol. The van der Waals surface area contributed by atoms with Crippen molar-refractivity contribution < 1.29 is 4.74 Å². The van der Waals surface area contributed by atoms with Gasteiger partial charge in [-0.1, -0.05) is 0 Å². The molecule has 3 rings (SSSR count). The lowest BCUT2D eigenvalue weighted by atomic mass is 10.0. The van der Waals surface area contributed by atoms with Gasteiger partial charge in [-0.3, -0.25) is 0 Å². The van der Waals surface area contributed by atoms with E-state index in [9.17, 15) is 0 Å². The summed E-state index contributed by atoms with van der Waals surface area (Å²) in [6.07, 6.45) is 8.59. The molecule has 1 heterocycles. The molecule has 0 N–H and O–H groups in total. The molecule has 1 saturated heterocycles. The predicted octanol–water partition coefficient (Wildman–Crippen LogP) is 1.96. The van der Waals surface area contributed by atoms with E-state index in [1.165, 1.54) is 25.7 Å². The molecule has 0 aromatic carbocycles. The van der Waals surface area contributed by atoms with Gasteiger partial charge in [0, 0.05) is 0 Å². The van der Waals surface area contributed by atoms with Crippen molar-refractivity contribution in [1.29, 1.82) is 0 Å². The number of hydrogen-bond donors (Lipinski definition) is 0. The predicted molar refractivity (Wildman–Crippen MR) is 38.7 cm³/mol. The zero-order valence-corrected chi connectivity index (χ0v) is 6.25. The average Bonchev–Trinajstić information content (AvgIpc) is 2.70. The van der Waals surface area contributed by atoms with E-state index in [0.29, 0.717) is 12.2 Å². The Morgan fingerprint density at radius 3 is 2.00 bits per heavy atom. The molecular formula is C9H14O.